The molecular formula is C51H48N12O10. The molecule has 6 amide bonds. The predicted molar refractivity (Wildman–Crippen MR) is 282 cm³/mol. The van der Waals surface area contributed by atoms with E-state index in [4.69, 9.17) is 9.47 Å². The van der Waals surface area contributed by atoms with Crippen molar-refractivity contribution in [1.82, 2.24) is 0 Å². The normalized spacial score (nSPS) is 12.1. The second kappa shape index (κ2) is 22.4. The van der Waals surface area contributed by atoms with E-state index in [0.29, 0.717) is 47.2 Å². The van der Waals surface area contributed by atoms with Crippen molar-refractivity contribution in [2.24, 2.45) is 0 Å². The Morgan fingerprint density at radius 2 is 1.05 bits per heavy atom. The number of ether oxygens (including phenoxy) is 2. The number of urea groups is 3. The lowest BCUT2D eigenvalue weighted by Gasteiger charge is -2.11. The number of carbonyl (C=O) groups excluding carboxylic acids is 4. The maximum atomic E-state index is 12.2. The molecule has 0 aliphatic carbocycles. The van der Waals surface area contributed by atoms with E-state index < -0.39 is 33.9 Å². The van der Waals surface area contributed by atoms with Crippen LogP contribution in [0.4, 0.5) is 82.6 Å². The van der Waals surface area contributed by atoms with Crippen LogP contribution in [0.5, 0.6) is 5.75 Å². The second-order valence-corrected chi connectivity index (χ2v) is 16.2. The molecule has 3 aliphatic heterocycles. The van der Waals surface area contributed by atoms with Crippen molar-refractivity contribution in [3.63, 3.8) is 0 Å². The maximum Gasteiger partial charge on any atom is 0.339 e. The van der Waals surface area contributed by atoms with Crippen LogP contribution >= 0.6 is 0 Å². The van der Waals surface area contributed by atoms with Gasteiger partial charge in [-0.1, -0.05) is 37.9 Å². The Balaban J connectivity index is 0.000000160. The van der Waals surface area contributed by atoms with E-state index >= 15 is 0 Å². The number of amides is 6. The first-order valence-corrected chi connectivity index (χ1v) is 22.0. The molecule has 22 nitrogen and oxygen atoms in total. The Kier molecular flexibility index (Phi) is 15.5. The molecule has 0 bridgehead atoms. The van der Waals surface area contributed by atoms with E-state index in [1.807, 2.05) is 30.3 Å². The molecule has 0 spiro atoms. The molecule has 0 unspecified atom stereocenters. The van der Waals surface area contributed by atoms with Gasteiger partial charge in [-0.3, -0.25) is 20.2 Å². The second-order valence-electron chi connectivity index (χ2n) is 16.2. The lowest BCUT2D eigenvalue weighted by atomic mass is 10.1. The van der Waals surface area contributed by atoms with E-state index in [-0.39, 0.29) is 28.3 Å². The minimum Gasteiger partial charge on any atom is -0.496 e. The highest BCUT2D eigenvalue weighted by atomic mass is 16.6. The molecule has 0 fully saturated rings. The number of esters is 1. The van der Waals surface area contributed by atoms with Gasteiger partial charge in [0.2, 0.25) is 0 Å². The van der Waals surface area contributed by atoms with Gasteiger partial charge in [-0.2, -0.15) is 0 Å². The third kappa shape index (κ3) is 13.0. The Bertz CT molecular complexity index is 3250. The molecule has 10 N–H and O–H groups in total. The van der Waals surface area contributed by atoms with Crippen LogP contribution in [-0.4, -0.2) is 48.1 Å². The zero-order valence-corrected chi connectivity index (χ0v) is 39.5. The first kappa shape index (κ1) is 50.5. The van der Waals surface area contributed by atoms with Crippen molar-refractivity contribution in [2.45, 2.75) is 19.8 Å². The average molecular weight is 989 g/mol. The third-order valence-electron chi connectivity index (χ3n) is 10.8. The summed E-state index contributed by atoms with van der Waals surface area (Å²) in [4.78, 5) is 69.3. The molecule has 22 heteroatoms. The average Bonchev–Trinajstić information content (AvgIpc) is 4.04. The SMILES string of the molecule is C=C1Cc2cc(NC(=O)Nc3cc(C)ccc3[N+](=O)[O-])ccc2N1.C=C1Cc2cc(NC(=O)Nc3ccc(OC)cc3[N+](=O)[O-])ccc2N1.C=C1Nc2ccc(NC(=O)Nc3ccccc3C(=O)OC)cc2N1. The summed E-state index contributed by atoms with van der Waals surface area (Å²) in [6, 6.07) is 30.1. The van der Waals surface area contributed by atoms with Gasteiger partial charge < -0.3 is 62.6 Å². The van der Waals surface area contributed by atoms with Crippen LogP contribution in [0.15, 0.2) is 152 Å². The topological polar surface area (TPSA) is 293 Å². The summed E-state index contributed by atoms with van der Waals surface area (Å²) in [5.74, 6) is 0.500. The number of para-hydroxylation sites is 1. The van der Waals surface area contributed by atoms with E-state index in [1.54, 1.807) is 67.6 Å². The number of hydrogen-bond donors (Lipinski definition) is 10. The summed E-state index contributed by atoms with van der Waals surface area (Å²) >= 11 is 0. The predicted octanol–water partition coefficient (Wildman–Crippen LogP) is 11.2. The number of nitrogens with zero attached hydrogens (tertiary/aromatic N) is 2. The number of nitrogens with one attached hydrogen (secondary N) is 10. The van der Waals surface area contributed by atoms with Crippen LogP contribution in [0.3, 0.4) is 0 Å². The Hall–Kier alpha value is -10.4. The summed E-state index contributed by atoms with van der Waals surface area (Å²) < 4.78 is 9.67. The van der Waals surface area contributed by atoms with E-state index in [1.165, 1.54) is 38.5 Å². The zero-order chi connectivity index (χ0) is 52.3. The Morgan fingerprint density at radius 3 is 1.62 bits per heavy atom. The van der Waals surface area contributed by atoms with Gasteiger partial charge in [0.1, 0.15) is 22.9 Å². The van der Waals surface area contributed by atoms with Gasteiger partial charge in [-0.15, -0.1) is 0 Å². The molecule has 3 heterocycles. The van der Waals surface area contributed by atoms with Crippen molar-refractivity contribution in [1.29, 1.82) is 0 Å². The van der Waals surface area contributed by atoms with Crippen molar-refractivity contribution in [3.8, 4) is 5.75 Å². The lowest BCUT2D eigenvalue weighted by Crippen LogP contribution is -2.21. The Morgan fingerprint density at radius 1 is 0.534 bits per heavy atom. The molecule has 73 heavy (non-hydrogen) atoms. The zero-order valence-electron chi connectivity index (χ0n) is 39.5. The van der Waals surface area contributed by atoms with Crippen LogP contribution in [0.1, 0.15) is 27.0 Å². The number of aryl methyl sites for hydroxylation is 1. The molecule has 0 saturated heterocycles. The summed E-state index contributed by atoms with van der Waals surface area (Å²) in [7, 11) is 2.70. The number of methoxy groups -OCH3 is 2. The van der Waals surface area contributed by atoms with Crippen molar-refractivity contribution >= 4 is 92.3 Å². The van der Waals surface area contributed by atoms with Gasteiger partial charge in [-0.05, 0) is 109 Å². The van der Waals surface area contributed by atoms with Gasteiger partial charge in [-0.25, -0.2) is 19.2 Å². The molecule has 9 rings (SSSR count). The van der Waals surface area contributed by atoms with Gasteiger partial charge in [0.05, 0.1) is 52.8 Å². The van der Waals surface area contributed by atoms with Crippen LogP contribution < -0.4 is 57.9 Å². The molecule has 0 aromatic heterocycles. The molecule has 0 radical (unpaired) electrons. The summed E-state index contributed by atoms with van der Waals surface area (Å²) in [6.07, 6.45) is 1.40. The number of benzene rings is 6. The number of anilines is 10. The standard InChI is InChI=1S/C17H16N4O4.2C17H16N4O3/c1-10-7-11-8-12(3-5-14(11)18-10)19-17(22)20-15-6-4-13(25-2)9-16(15)21(23)24;1-10-3-6-16(21(23)24)15(7-10)20-17(22)19-13-4-5-14-12(9-13)8-11(2)18-14;1-10-18-14-8-7-11(9-15(14)19-10)20-17(23)21-13-6-4-3-5-12(13)16(22)24-2/h3-6,8-9,18H,1,7H2,2H3,(H2,19,20,22);3-7,9,18H,2,8H2,1H3,(H2,19,20,22);3-9,18-19H,1H2,2H3,(H2,20,21,23). The molecule has 0 saturated carbocycles. The first-order valence-electron chi connectivity index (χ1n) is 22.0. The highest BCUT2D eigenvalue weighted by molar-refractivity contribution is 6.06. The quantitative estimate of drug-likeness (QED) is 0.0347. The number of allylic oxidation sites excluding steroid dienone is 2. The number of fused-ring (bicyclic) bond motifs is 3. The van der Waals surface area contributed by atoms with Crippen LogP contribution in [0.25, 0.3) is 0 Å². The highest BCUT2D eigenvalue weighted by Gasteiger charge is 2.21. The van der Waals surface area contributed by atoms with Crippen molar-refractivity contribution in [2.75, 3.05) is 67.4 Å². The summed E-state index contributed by atoms with van der Waals surface area (Å²) in [5.41, 5.74) is 10.6. The van der Waals surface area contributed by atoms with Gasteiger partial charge in [0, 0.05) is 58.7 Å². The molecule has 6 aromatic rings. The lowest BCUT2D eigenvalue weighted by molar-refractivity contribution is -0.384. The van der Waals surface area contributed by atoms with Crippen LogP contribution in [0, 0.1) is 27.2 Å². The van der Waals surface area contributed by atoms with Crippen molar-refractivity contribution < 1.29 is 38.5 Å². The monoisotopic (exact) mass is 988 g/mol. The molecule has 0 atom stereocenters. The summed E-state index contributed by atoms with van der Waals surface area (Å²) in [6.45, 7) is 13.3. The van der Waals surface area contributed by atoms with E-state index in [2.05, 4.69) is 72.9 Å². The number of nitro benzene ring substituents is 2. The molecule has 6 aromatic carbocycles. The largest absolute Gasteiger partial charge is 0.496 e. The van der Waals surface area contributed by atoms with Gasteiger partial charge in [0.15, 0.2) is 0 Å². The first-order chi connectivity index (χ1) is 34.9. The van der Waals surface area contributed by atoms with E-state index in [9.17, 15) is 39.4 Å². The molecular weight excluding hydrogens is 941 g/mol. The number of rotatable bonds is 10. The fourth-order valence-electron chi connectivity index (χ4n) is 7.54. The van der Waals surface area contributed by atoms with E-state index in [0.717, 1.165) is 50.8 Å². The molecule has 372 valence electrons. The Labute approximate surface area is 417 Å². The number of nitro groups is 2. The third-order valence-corrected chi connectivity index (χ3v) is 10.8. The minimum atomic E-state index is -0.579. The van der Waals surface area contributed by atoms with Gasteiger partial charge >= 0.3 is 24.1 Å². The van der Waals surface area contributed by atoms with Crippen molar-refractivity contribution in [3.05, 3.63) is 195 Å². The minimum absolute atomic E-state index is 0.0829. The summed E-state index contributed by atoms with van der Waals surface area (Å²) in [5, 5.41) is 50.3. The number of carbonyl (C=O) groups is 4. The smallest absolute Gasteiger partial charge is 0.339 e. The fourth-order valence-corrected chi connectivity index (χ4v) is 7.54. The highest BCUT2D eigenvalue weighted by Crippen LogP contribution is 2.34. The number of hydrogen-bond acceptors (Lipinski definition) is 14. The fraction of sp³-hybridized carbons (Fsp3) is 0.0980. The van der Waals surface area contributed by atoms with Crippen LogP contribution in [0.2, 0.25) is 0 Å². The van der Waals surface area contributed by atoms with Gasteiger partial charge in [0.25, 0.3) is 11.4 Å². The van der Waals surface area contributed by atoms with Crippen LogP contribution in [-0.2, 0) is 17.6 Å². The molecule has 3 aliphatic rings. The maximum absolute atomic E-state index is 12.2.